The average Bonchev–Trinajstić information content (AvgIpc) is 1.97. The summed E-state index contributed by atoms with van der Waals surface area (Å²) in [5.74, 6) is -4.88. The van der Waals surface area contributed by atoms with E-state index in [1.807, 2.05) is 5.32 Å². The van der Waals surface area contributed by atoms with Crippen LogP contribution in [0.1, 0.15) is 19.8 Å². The van der Waals surface area contributed by atoms with Crippen molar-refractivity contribution >= 4 is 29.6 Å². The Bertz CT molecular complexity index is 316. The summed E-state index contributed by atoms with van der Waals surface area (Å²) >= 11 is 0. The van der Waals surface area contributed by atoms with Gasteiger partial charge in [0.05, 0.1) is 0 Å². The van der Waals surface area contributed by atoms with Crippen molar-refractivity contribution in [1.82, 2.24) is 10.6 Å². The molecule has 0 unspecified atom stereocenters. The van der Waals surface area contributed by atoms with Gasteiger partial charge in [0.15, 0.2) is 0 Å². The molecule has 0 fully saturated rings. The molecule has 0 radical (unpaired) electrons. The van der Waals surface area contributed by atoms with Crippen molar-refractivity contribution in [3.63, 3.8) is 0 Å². The number of amides is 4. The highest BCUT2D eigenvalue weighted by Gasteiger charge is 2.15. The van der Waals surface area contributed by atoms with Crippen LogP contribution in [-0.4, -0.2) is 34.7 Å². The molecule has 0 atom stereocenters. The van der Waals surface area contributed by atoms with E-state index in [1.54, 1.807) is 5.32 Å². The van der Waals surface area contributed by atoms with E-state index < -0.39 is 42.4 Å². The van der Waals surface area contributed by atoms with Crippen LogP contribution < -0.4 is 10.6 Å². The van der Waals surface area contributed by atoms with Gasteiger partial charge in [-0.05, 0) is 0 Å². The van der Waals surface area contributed by atoms with Crippen molar-refractivity contribution in [3.8, 4) is 0 Å². The first-order valence-electron chi connectivity index (χ1n) is 4.16. The first kappa shape index (κ1) is 13.8. The molecule has 0 saturated heterocycles. The second-order valence-electron chi connectivity index (χ2n) is 2.82. The Morgan fingerprint density at radius 2 is 1.31 bits per heavy atom. The summed E-state index contributed by atoms with van der Waals surface area (Å²) in [6, 6.07) is 0. The summed E-state index contributed by atoms with van der Waals surface area (Å²) in [7, 11) is 0. The third kappa shape index (κ3) is 7.18. The van der Waals surface area contributed by atoms with Gasteiger partial charge < -0.3 is 5.11 Å². The van der Waals surface area contributed by atoms with Crippen molar-refractivity contribution in [1.29, 1.82) is 0 Å². The minimum Gasteiger partial charge on any atom is -0.481 e. The lowest BCUT2D eigenvalue weighted by Crippen LogP contribution is -2.37. The Labute approximate surface area is 90.0 Å². The highest BCUT2D eigenvalue weighted by Crippen LogP contribution is 1.84. The predicted molar refractivity (Wildman–Crippen MR) is 48.8 cm³/mol. The lowest BCUT2D eigenvalue weighted by molar-refractivity contribution is -0.141. The molecule has 0 aliphatic rings. The zero-order valence-corrected chi connectivity index (χ0v) is 8.40. The molecule has 0 heterocycles. The minimum atomic E-state index is -1.39. The van der Waals surface area contributed by atoms with E-state index >= 15 is 0 Å². The Balaban J connectivity index is 3.99. The maximum Gasteiger partial charge on any atom is 0.312 e. The minimum absolute atomic E-state index is 0.630. The van der Waals surface area contributed by atoms with E-state index in [9.17, 15) is 24.0 Å². The number of nitrogens with one attached hydrogen (secondary N) is 2. The van der Waals surface area contributed by atoms with Crippen LogP contribution in [0.5, 0.6) is 0 Å². The van der Waals surface area contributed by atoms with Crippen LogP contribution in [0, 0.1) is 0 Å². The third-order valence-corrected chi connectivity index (χ3v) is 1.23. The molecule has 0 rings (SSSR count). The first-order valence-corrected chi connectivity index (χ1v) is 4.16. The van der Waals surface area contributed by atoms with Gasteiger partial charge in [0.2, 0.25) is 23.6 Å². The monoisotopic (exact) mass is 230 g/mol. The number of hydrogen-bond acceptors (Lipinski definition) is 5. The zero-order chi connectivity index (χ0) is 12.7. The normalized spacial score (nSPS) is 9.06. The number of aliphatic carboxylic acids is 1. The van der Waals surface area contributed by atoms with Gasteiger partial charge in [0.25, 0.3) is 0 Å². The fraction of sp³-hybridized carbons (Fsp3) is 0.375. The van der Waals surface area contributed by atoms with Crippen molar-refractivity contribution in [2.24, 2.45) is 0 Å². The molecule has 0 saturated carbocycles. The predicted octanol–water partition coefficient (Wildman–Crippen LogP) is -1.84. The molecular weight excluding hydrogens is 220 g/mol. The molecule has 88 valence electrons. The second kappa shape index (κ2) is 6.27. The van der Waals surface area contributed by atoms with E-state index in [4.69, 9.17) is 5.11 Å². The van der Waals surface area contributed by atoms with Gasteiger partial charge >= 0.3 is 5.97 Å². The lowest BCUT2D eigenvalue weighted by Gasteiger charge is -2.02. The van der Waals surface area contributed by atoms with E-state index in [1.165, 1.54) is 0 Å². The smallest absolute Gasteiger partial charge is 0.312 e. The molecule has 8 nitrogen and oxygen atoms in total. The van der Waals surface area contributed by atoms with Gasteiger partial charge in [-0.3, -0.25) is 34.6 Å². The average molecular weight is 230 g/mol. The van der Waals surface area contributed by atoms with E-state index in [0.29, 0.717) is 0 Å². The van der Waals surface area contributed by atoms with Crippen molar-refractivity contribution in [2.75, 3.05) is 0 Å². The Morgan fingerprint density at radius 3 is 1.75 bits per heavy atom. The summed E-state index contributed by atoms with van der Waals surface area (Å²) in [6.07, 6.45) is -1.58. The topological polar surface area (TPSA) is 130 Å². The van der Waals surface area contributed by atoms with Gasteiger partial charge in [-0.25, -0.2) is 0 Å². The first-order chi connectivity index (χ1) is 7.31. The van der Waals surface area contributed by atoms with Crippen LogP contribution in [0.3, 0.4) is 0 Å². The van der Waals surface area contributed by atoms with Crippen molar-refractivity contribution < 1.29 is 29.1 Å². The van der Waals surface area contributed by atoms with Crippen LogP contribution in [0.2, 0.25) is 0 Å². The fourth-order valence-corrected chi connectivity index (χ4v) is 0.768. The standard InChI is InChI=1S/C8H10N2O6/c1-4(11)9-5(12)2-6(13)10-7(14)3-8(15)16/h2-3H2,1H3,(H,15,16)(H,9,11,12)(H,10,13,14). The van der Waals surface area contributed by atoms with E-state index in [0.717, 1.165) is 6.92 Å². The van der Waals surface area contributed by atoms with Gasteiger partial charge in [0, 0.05) is 6.92 Å². The molecule has 0 aliphatic heterocycles. The van der Waals surface area contributed by atoms with Crippen molar-refractivity contribution in [2.45, 2.75) is 19.8 Å². The van der Waals surface area contributed by atoms with Gasteiger partial charge in [-0.2, -0.15) is 0 Å². The molecule has 3 N–H and O–H groups in total. The zero-order valence-electron chi connectivity index (χ0n) is 8.40. The number of carboxylic acids is 1. The maximum absolute atomic E-state index is 10.9. The summed E-state index contributed by atoms with van der Waals surface area (Å²) in [6.45, 7) is 1.09. The van der Waals surface area contributed by atoms with Crippen LogP contribution in [0.4, 0.5) is 0 Å². The van der Waals surface area contributed by atoms with Crippen LogP contribution in [-0.2, 0) is 24.0 Å². The number of imide groups is 2. The van der Waals surface area contributed by atoms with E-state index in [2.05, 4.69) is 0 Å². The summed E-state index contributed by atoms with van der Waals surface area (Å²) in [4.78, 5) is 53.0. The SMILES string of the molecule is CC(=O)NC(=O)CC(=O)NC(=O)CC(=O)O. The molecule has 4 amide bonds. The Kier molecular flexibility index (Phi) is 5.39. The van der Waals surface area contributed by atoms with Crippen LogP contribution in [0.25, 0.3) is 0 Å². The molecule has 16 heavy (non-hydrogen) atoms. The third-order valence-electron chi connectivity index (χ3n) is 1.23. The number of carbonyl (C=O) groups is 5. The van der Waals surface area contributed by atoms with Gasteiger partial charge in [0.1, 0.15) is 12.8 Å². The Hall–Kier alpha value is -2.25. The molecule has 0 aromatic rings. The number of carboxylic acid groups (broad SMARTS) is 1. The Morgan fingerprint density at radius 1 is 0.875 bits per heavy atom. The number of carbonyl (C=O) groups excluding carboxylic acids is 4. The number of hydrogen-bond donors (Lipinski definition) is 3. The van der Waals surface area contributed by atoms with Gasteiger partial charge in [-0.15, -0.1) is 0 Å². The summed E-state index contributed by atoms with van der Waals surface area (Å²) in [5, 5.41) is 11.7. The molecule has 0 aliphatic carbocycles. The maximum atomic E-state index is 10.9. The van der Waals surface area contributed by atoms with Crippen LogP contribution in [0.15, 0.2) is 0 Å². The fourth-order valence-electron chi connectivity index (χ4n) is 0.768. The highest BCUT2D eigenvalue weighted by atomic mass is 16.4. The largest absolute Gasteiger partial charge is 0.481 e. The van der Waals surface area contributed by atoms with Crippen LogP contribution >= 0.6 is 0 Å². The molecule has 0 bridgehead atoms. The van der Waals surface area contributed by atoms with E-state index in [-0.39, 0.29) is 0 Å². The quantitative estimate of drug-likeness (QED) is 0.486. The highest BCUT2D eigenvalue weighted by molar-refractivity contribution is 6.09. The van der Waals surface area contributed by atoms with Gasteiger partial charge in [-0.1, -0.05) is 0 Å². The number of rotatable bonds is 4. The summed E-state index contributed by atoms with van der Waals surface area (Å²) in [5.41, 5.74) is 0. The molecule has 0 aromatic carbocycles. The lowest BCUT2D eigenvalue weighted by atomic mass is 10.3. The second-order valence-corrected chi connectivity index (χ2v) is 2.82. The molecule has 0 spiro atoms. The van der Waals surface area contributed by atoms with Crippen molar-refractivity contribution in [3.05, 3.63) is 0 Å². The molecule has 0 aromatic heterocycles. The molecular formula is C8H10N2O6. The summed E-state index contributed by atoms with van der Waals surface area (Å²) < 4.78 is 0. The molecule has 8 heteroatoms.